The summed E-state index contributed by atoms with van der Waals surface area (Å²) in [7, 11) is 0. The van der Waals surface area contributed by atoms with Gasteiger partial charge in [0.2, 0.25) is 0 Å². The molecule has 1 aliphatic heterocycles. The Morgan fingerprint density at radius 2 is 1.64 bits per heavy atom. The Hall–Kier alpha value is -1.18. The van der Waals surface area contributed by atoms with Gasteiger partial charge in [-0.25, -0.2) is 0 Å². The molecule has 4 heteroatoms. The quantitative estimate of drug-likeness (QED) is 0.337. The van der Waals surface area contributed by atoms with E-state index in [1.807, 2.05) is 17.8 Å². The van der Waals surface area contributed by atoms with E-state index < -0.39 is 0 Å². The molecule has 0 bridgehead atoms. The van der Waals surface area contributed by atoms with Gasteiger partial charge in [-0.05, 0) is 35.1 Å². The van der Waals surface area contributed by atoms with Gasteiger partial charge in [0.1, 0.15) is 0 Å². The van der Waals surface area contributed by atoms with Crippen molar-refractivity contribution in [1.82, 2.24) is 0 Å². The number of fused-ring (bicyclic) bond motifs is 2. The van der Waals surface area contributed by atoms with Gasteiger partial charge < -0.3 is 24.8 Å². The minimum Gasteiger partial charge on any atom is -1.00 e. The van der Waals surface area contributed by atoms with Crippen LogP contribution in [0.4, 0.5) is 0 Å². The van der Waals surface area contributed by atoms with Crippen molar-refractivity contribution in [3.05, 3.63) is 113 Å². The van der Waals surface area contributed by atoms with Gasteiger partial charge >= 0.3 is 26.2 Å². The van der Waals surface area contributed by atoms with Gasteiger partial charge in [-0.3, -0.25) is 0 Å². The Labute approximate surface area is 234 Å². The van der Waals surface area contributed by atoms with Crippen LogP contribution >= 0.6 is 11.8 Å². The van der Waals surface area contributed by atoms with Crippen molar-refractivity contribution < 1.29 is 51.0 Å². The maximum absolute atomic E-state index is 3.78. The third kappa shape index (κ3) is 7.16. The van der Waals surface area contributed by atoms with Crippen LogP contribution in [0, 0.1) is 0 Å². The zero-order chi connectivity index (χ0) is 21.3. The third-order valence-corrected chi connectivity index (χ3v) is 6.78. The number of rotatable bonds is 2. The number of thioether (sulfide) groups is 1. The van der Waals surface area contributed by atoms with E-state index in [4.69, 9.17) is 0 Å². The Kier molecular flexibility index (Phi) is 11.3. The zero-order valence-corrected chi connectivity index (χ0v) is 24.3. The van der Waals surface area contributed by atoms with Crippen molar-refractivity contribution in [2.75, 3.05) is 0 Å². The van der Waals surface area contributed by atoms with E-state index in [-0.39, 0.29) is 56.4 Å². The molecule has 1 radical (unpaired) electrons. The zero-order valence-electron chi connectivity index (χ0n) is 19.5. The molecule has 3 aromatic rings. The van der Waals surface area contributed by atoms with Crippen molar-refractivity contribution in [3.63, 3.8) is 0 Å². The van der Waals surface area contributed by atoms with Crippen molar-refractivity contribution in [1.29, 1.82) is 0 Å². The van der Waals surface area contributed by atoms with Crippen molar-refractivity contribution >= 4 is 22.5 Å². The van der Waals surface area contributed by atoms with E-state index in [1.54, 1.807) is 0 Å². The Bertz CT molecular complexity index is 1140. The predicted molar refractivity (Wildman–Crippen MR) is 135 cm³/mol. The summed E-state index contributed by atoms with van der Waals surface area (Å²) in [5, 5.41) is 3.13. The van der Waals surface area contributed by atoms with Crippen LogP contribution in [0.5, 0.6) is 0 Å². The largest absolute Gasteiger partial charge is 3.00 e. The molecule has 0 amide bonds. The van der Waals surface area contributed by atoms with Gasteiger partial charge in [0.15, 0.2) is 0 Å². The number of halogens is 2. The van der Waals surface area contributed by atoms with Crippen molar-refractivity contribution in [3.8, 4) is 11.1 Å². The second kappa shape index (κ2) is 12.5. The second-order valence-corrected chi connectivity index (χ2v) is 10.3. The SMILES string of the molecule is C=CC1C=C2C=C(C)C=C2S1.CC(C)(C)c1ccc(-c2cc3ccccc3[cH-]2)cc1.[Cl-].[Cl-].[Zr+3]. The van der Waals surface area contributed by atoms with Crippen LogP contribution in [-0.2, 0) is 31.6 Å². The summed E-state index contributed by atoms with van der Waals surface area (Å²) >= 11 is 1.88. The second-order valence-electron chi connectivity index (χ2n) is 9.04. The number of hydrogen-bond donors (Lipinski definition) is 0. The molecule has 0 fully saturated rings. The average molecular weight is 572 g/mol. The monoisotopic (exact) mass is 569 g/mol. The molecule has 3 aromatic carbocycles. The third-order valence-electron chi connectivity index (χ3n) is 5.57. The Morgan fingerprint density at radius 3 is 2.21 bits per heavy atom. The maximum atomic E-state index is 3.78. The molecule has 0 N–H and O–H groups in total. The van der Waals surface area contributed by atoms with Gasteiger partial charge in [-0.15, -0.1) is 52.9 Å². The van der Waals surface area contributed by atoms with Gasteiger partial charge in [-0.2, -0.15) is 0 Å². The number of allylic oxidation sites excluding steroid dienone is 4. The molecular weight excluding hydrogens is 543 g/mol. The molecule has 1 unspecified atom stereocenters. The molecule has 1 heterocycles. The summed E-state index contributed by atoms with van der Waals surface area (Å²) < 4.78 is 0. The summed E-state index contributed by atoms with van der Waals surface area (Å²) in [5.41, 5.74) is 6.95. The van der Waals surface area contributed by atoms with Crippen LogP contribution in [0.1, 0.15) is 33.3 Å². The van der Waals surface area contributed by atoms with E-state index >= 15 is 0 Å². The molecule has 1 aliphatic carbocycles. The first-order chi connectivity index (χ1) is 14.3. The average Bonchev–Trinajstić information content (AvgIpc) is 3.40. The van der Waals surface area contributed by atoms with Gasteiger partial charge in [0.05, 0.1) is 0 Å². The van der Waals surface area contributed by atoms with Crippen LogP contribution in [0.3, 0.4) is 0 Å². The van der Waals surface area contributed by atoms with Crippen LogP contribution < -0.4 is 24.8 Å². The first-order valence-electron chi connectivity index (χ1n) is 10.5. The minimum atomic E-state index is 0. The molecule has 0 aromatic heterocycles. The molecule has 169 valence electrons. The van der Waals surface area contributed by atoms with E-state index in [9.17, 15) is 0 Å². The van der Waals surface area contributed by atoms with Gasteiger partial charge in [0, 0.05) is 10.2 Å². The van der Waals surface area contributed by atoms with Gasteiger partial charge in [-0.1, -0.05) is 87.0 Å². The van der Waals surface area contributed by atoms with E-state index in [0.717, 1.165) is 0 Å². The fourth-order valence-corrected chi connectivity index (χ4v) is 4.96. The van der Waals surface area contributed by atoms with E-state index in [2.05, 4.69) is 113 Å². The Morgan fingerprint density at radius 1 is 0.970 bits per heavy atom. The fourth-order valence-electron chi connectivity index (χ4n) is 3.83. The molecular formula is C29H29Cl2SZr. The van der Waals surface area contributed by atoms with Crippen LogP contribution in [0.15, 0.2) is 108 Å². The van der Waals surface area contributed by atoms with Gasteiger partial charge in [0.25, 0.3) is 0 Å². The first-order valence-corrected chi connectivity index (χ1v) is 11.4. The molecule has 0 saturated carbocycles. The van der Waals surface area contributed by atoms with Crippen LogP contribution in [0.2, 0.25) is 0 Å². The Balaban J connectivity index is 0.000000337. The van der Waals surface area contributed by atoms with Crippen molar-refractivity contribution in [2.45, 2.75) is 38.4 Å². The van der Waals surface area contributed by atoms with Crippen molar-refractivity contribution in [2.24, 2.45) is 0 Å². The summed E-state index contributed by atoms with van der Waals surface area (Å²) in [6.45, 7) is 12.7. The molecule has 0 spiro atoms. The van der Waals surface area contributed by atoms with E-state index in [1.165, 1.54) is 43.5 Å². The number of hydrogen-bond acceptors (Lipinski definition) is 1. The predicted octanol–water partition coefficient (Wildman–Crippen LogP) is 2.59. The van der Waals surface area contributed by atoms with E-state index in [0.29, 0.717) is 5.25 Å². The first kappa shape index (κ1) is 29.9. The topological polar surface area (TPSA) is 0 Å². The fraction of sp³-hybridized carbons (Fsp3) is 0.207. The summed E-state index contributed by atoms with van der Waals surface area (Å²) in [4.78, 5) is 1.41. The smallest absolute Gasteiger partial charge is 1.00 e. The molecule has 33 heavy (non-hydrogen) atoms. The molecule has 0 saturated heterocycles. The maximum Gasteiger partial charge on any atom is 3.00 e. The standard InChI is InChI=1S/C19H19.C10H10S.2ClH.Zr/c1-19(2,3)18-10-8-14(9-11-18)17-12-15-6-4-5-7-16(15)13-17;1-3-9-6-8-4-7(2)5-10(8)11-9;;;/h4-13H,1-3H3;3-6,9H,1H2,2H3;2*1H;/q-1;;;;+3/p-2. The van der Waals surface area contributed by atoms with Crippen LogP contribution in [-0.4, -0.2) is 5.25 Å². The summed E-state index contributed by atoms with van der Waals surface area (Å²) in [5.74, 6) is 0. The molecule has 1 atom stereocenters. The molecule has 5 rings (SSSR count). The normalized spacial score (nSPS) is 16.0. The van der Waals surface area contributed by atoms with Crippen LogP contribution in [0.25, 0.3) is 21.9 Å². The molecule has 0 nitrogen and oxygen atoms in total. The minimum absolute atomic E-state index is 0. The molecule has 2 aliphatic rings. The number of benzene rings is 2. The summed E-state index contributed by atoms with van der Waals surface area (Å²) in [6.07, 6.45) is 8.71. The summed E-state index contributed by atoms with van der Waals surface area (Å²) in [6, 6.07) is 22.0.